The molecule has 0 aliphatic carbocycles. The minimum absolute atomic E-state index is 0.0163. The van der Waals surface area contributed by atoms with Gasteiger partial charge in [0.15, 0.2) is 6.10 Å². The molecule has 2 amide bonds. The maximum absolute atomic E-state index is 14.0. The van der Waals surface area contributed by atoms with Gasteiger partial charge in [0.1, 0.15) is 17.7 Å². The lowest BCUT2D eigenvalue weighted by atomic mass is 9.97. The van der Waals surface area contributed by atoms with Gasteiger partial charge >= 0.3 is 11.9 Å². The predicted molar refractivity (Wildman–Crippen MR) is 166 cm³/mol. The Balaban J connectivity index is 1.47. The Morgan fingerprint density at radius 1 is 1.05 bits per heavy atom. The van der Waals surface area contributed by atoms with Crippen LogP contribution in [0.3, 0.4) is 0 Å². The molecule has 1 aromatic heterocycles. The van der Waals surface area contributed by atoms with Gasteiger partial charge in [-0.1, -0.05) is 82.7 Å². The van der Waals surface area contributed by atoms with E-state index in [2.05, 4.69) is 21.2 Å². The molecule has 0 saturated carbocycles. The number of thiophene rings is 1. The van der Waals surface area contributed by atoms with Gasteiger partial charge < -0.3 is 19.5 Å². The highest BCUT2D eigenvalue weighted by Crippen LogP contribution is 2.47. The van der Waals surface area contributed by atoms with E-state index in [1.807, 2.05) is 78.2 Å². The Hall–Kier alpha value is -3.45. The molecule has 1 fully saturated rings. The first kappa shape index (κ1) is 31.0. The highest BCUT2D eigenvalue weighted by molar-refractivity contribution is 9.09. The van der Waals surface area contributed by atoms with Gasteiger partial charge in [0.2, 0.25) is 5.91 Å². The van der Waals surface area contributed by atoms with Crippen molar-refractivity contribution in [3.05, 3.63) is 105 Å². The van der Waals surface area contributed by atoms with Crippen molar-refractivity contribution in [2.24, 2.45) is 0 Å². The molecule has 2 aromatic carbocycles. The van der Waals surface area contributed by atoms with Gasteiger partial charge in [-0.25, -0.2) is 4.79 Å². The number of fused-ring (bicyclic) bond motifs is 1. The number of hydrogen-bond donors (Lipinski definition) is 1. The average molecular weight is 686 g/mol. The topological polar surface area (TPSA) is 111 Å². The normalized spacial score (nSPS) is 19.5. The SMILES string of the molecule is CC(=O)OCC1=C(C(=O)OC(c2ccccc2)c2ccccc2)N2C(=O)[C@@](NC(=O)Cc3cccs3)(OCCBr)[C@H]2SC1. The minimum atomic E-state index is -1.68. The number of carbonyl (C=O) groups is 4. The Bertz CT molecular complexity index is 1460. The van der Waals surface area contributed by atoms with Crippen molar-refractivity contribution < 1.29 is 33.4 Å². The van der Waals surface area contributed by atoms with Gasteiger partial charge in [0.05, 0.1) is 13.0 Å². The molecule has 2 aliphatic heterocycles. The van der Waals surface area contributed by atoms with E-state index >= 15 is 0 Å². The first-order valence-corrected chi connectivity index (χ1v) is 16.5. The van der Waals surface area contributed by atoms with E-state index in [0.29, 0.717) is 10.9 Å². The quantitative estimate of drug-likeness (QED) is 0.128. The number of esters is 2. The monoisotopic (exact) mass is 684 g/mol. The standard InChI is InChI=1S/C31H29BrN2O7S2/c1-20(35)39-18-23-19-43-30-31(40-15-14-32,33-25(36)17-24-13-8-16-42-24)29(38)34(30)26(23)28(37)41-27(21-9-4-2-5-10-21)22-11-6-3-7-12-22/h2-13,16,27,30H,14-15,17-19H2,1H3,(H,33,36)/t30-,31-/m1/s1. The molecule has 12 heteroatoms. The second-order valence-electron chi connectivity index (χ2n) is 9.76. The Kier molecular flexibility index (Phi) is 10.0. The number of nitrogens with one attached hydrogen (secondary N) is 1. The van der Waals surface area contributed by atoms with Crippen LogP contribution in [0.2, 0.25) is 0 Å². The molecule has 0 bridgehead atoms. The molecule has 43 heavy (non-hydrogen) atoms. The zero-order chi connectivity index (χ0) is 30.4. The van der Waals surface area contributed by atoms with E-state index in [4.69, 9.17) is 14.2 Å². The number of benzene rings is 2. The lowest BCUT2D eigenvalue weighted by Gasteiger charge is -2.56. The van der Waals surface area contributed by atoms with Gasteiger partial charge in [-0.05, 0) is 22.6 Å². The molecule has 1 saturated heterocycles. The van der Waals surface area contributed by atoms with Crippen molar-refractivity contribution in [1.29, 1.82) is 0 Å². The summed E-state index contributed by atoms with van der Waals surface area (Å²) in [5.41, 5.74) is 0.225. The molecule has 5 rings (SSSR count). The summed E-state index contributed by atoms with van der Waals surface area (Å²) in [6.45, 7) is 1.23. The van der Waals surface area contributed by atoms with Crippen LogP contribution in [-0.2, 0) is 39.8 Å². The number of ether oxygens (including phenoxy) is 3. The summed E-state index contributed by atoms with van der Waals surface area (Å²) in [6.07, 6.45) is -0.679. The second kappa shape index (κ2) is 13.9. The van der Waals surface area contributed by atoms with E-state index in [1.54, 1.807) is 0 Å². The molecule has 9 nitrogen and oxygen atoms in total. The highest BCUT2D eigenvalue weighted by atomic mass is 79.9. The van der Waals surface area contributed by atoms with Crippen molar-refractivity contribution in [3.8, 4) is 0 Å². The summed E-state index contributed by atoms with van der Waals surface area (Å²) in [4.78, 5) is 54.9. The average Bonchev–Trinajstić information content (AvgIpc) is 3.53. The highest BCUT2D eigenvalue weighted by Gasteiger charge is 2.67. The summed E-state index contributed by atoms with van der Waals surface area (Å²) in [5, 5.41) is 4.38. The number of alkyl halides is 1. The molecule has 0 radical (unpaired) electrons. The van der Waals surface area contributed by atoms with Crippen LogP contribution >= 0.6 is 39.0 Å². The smallest absolute Gasteiger partial charge is 0.356 e. The molecule has 224 valence electrons. The fourth-order valence-corrected chi connectivity index (χ4v) is 7.19. The van der Waals surface area contributed by atoms with Gasteiger partial charge in [0, 0.05) is 28.5 Å². The molecule has 3 aromatic rings. The van der Waals surface area contributed by atoms with E-state index in [0.717, 1.165) is 16.0 Å². The lowest BCUT2D eigenvalue weighted by molar-refractivity contribution is -0.198. The van der Waals surface area contributed by atoms with Crippen LogP contribution in [0.5, 0.6) is 0 Å². The maximum atomic E-state index is 14.0. The third-order valence-electron chi connectivity index (χ3n) is 6.83. The fourth-order valence-electron chi connectivity index (χ4n) is 4.93. The number of amides is 2. The van der Waals surface area contributed by atoms with Crippen LogP contribution in [-0.4, -0.2) is 64.0 Å². The minimum Gasteiger partial charge on any atom is -0.461 e. The van der Waals surface area contributed by atoms with Crippen molar-refractivity contribution in [3.63, 3.8) is 0 Å². The van der Waals surface area contributed by atoms with Gasteiger partial charge in [-0.2, -0.15) is 0 Å². The summed E-state index contributed by atoms with van der Waals surface area (Å²) >= 11 is 6.08. The molecule has 3 heterocycles. The molecule has 2 atom stereocenters. The van der Waals surface area contributed by atoms with Crippen LogP contribution in [0, 0.1) is 0 Å². The van der Waals surface area contributed by atoms with Crippen LogP contribution in [0.15, 0.2) is 89.4 Å². The molecular formula is C31H29BrN2O7S2. The van der Waals surface area contributed by atoms with E-state index in [-0.39, 0.29) is 37.0 Å². The molecular weight excluding hydrogens is 656 g/mol. The summed E-state index contributed by atoms with van der Waals surface area (Å²) < 4.78 is 17.4. The number of thioether (sulfide) groups is 1. The molecule has 1 N–H and O–H groups in total. The Labute approximate surface area is 265 Å². The van der Waals surface area contributed by atoms with Gasteiger partial charge in [-0.15, -0.1) is 23.1 Å². The fraction of sp³-hybridized carbons (Fsp3) is 0.290. The number of hydrogen-bond acceptors (Lipinski definition) is 9. The van der Waals surface area contributed by atoms with Crippen LogP contribution in [0.25, 0.3) is 0 Å². The van der Waals surface area contributed by atoms with E-state index in [9.17, 15) is 19.2 Å². The first-order chi connectivity index (χ1) is 20.8. The predicted octanol–water partition coefficient (Wildman–Crippen LogP) is 4.58. The Morgan fingerprint density at radius 2 is 1.72 bits per heavy atom. The van der Waals surface area contributed by atoms with Gasteiger partial charge in [0.25, 0.3) is 11.6 Å². The molecule has 2 aliphatic rings. The number of β-lactam (4-membered cyclic amide) rings is 1. The van der Waals surface area contributed by atoms with Crippen molar-refractivity contribution in [2.75, 3.05) is 24.3 Å². The van der Waals surface area contributed by atoms with E-state index in [1.165, 1.54) is 34.9 Å². The third kappa shape index (κ3) is 6.72. The maximum Gasteiger partial charge on any atom is 0.356 e. The van der Waals surface area contributed by atoms with Crippen molar-refractivity contribution >= 4 is 62.8 Å². The van der Waals surface area contributed by atoms with Gasteiger partial charge in [-0.3, -0.25) is 19.3 Å². The largest absolute Gasteiger partial charge is 0.461 e. The third-order valence-corrected chi connectivity index (χ3v) is 9.40. The zero-order valence-electron chi connectivity index (χ0n) is 23.2. The number of nitrogens with zero attached hydrogens (tertiary/aromatic N) is 1. The molecule has 0 unspecified atom stereocenters. The summed E-state index contributed by atoms with van der Waals surface area (Å²) in [6, 6.07) is 22.3. The Morgan fingerprint density at radius 3 is 2.30 bits per heavy atom. The van der Waals surface area contributed by atoms with E-state index < -0.39 is 35.0 Å². The number of carbonyl (C=O) groups excluding carboxylic acids is 4. The van der Waals surface area contributed by atoms with Crippen molar-refractivity contribution in [1.82, 2.24) is 10.2 Å². The number of rotatable bonds is 12. The molecule has 0 spiro atoms. The summed E-state index contributed by atoms with van der Waals surface area (Å²) in [5.74, 6) is -2.01. The first-order valence-electron chi connectivity index (χ1n) is 13.5. The second-order valence-corrected chi connectivity index (χ2v) is 12.6. The lowest BCUT2D eigenvalue weighted by Crippen LogP contribution is -2.81. The van der Waals surface area contributed by atoms with Crippen LogP contribution in [0.1, 0.15) is 29.0 Å². The zero-order valence-corrected chi connectivity index (χ0v) is 26.4. The van der Waals surface area contributed by atoms with Crippen molar-refractivity contribution in [2.45, 2.75) is 30.5 Å². The van der Waals surface area contributed by atoms with Crippen LogP contribution in [0.4, 0.5) is 0 Å². The number of halogens is 1. The summed E-state index contributed by atoms with van der Waals surface area (Å²) in [7, 11) is 0. The van der Waals surface area contributed by atoms with Crippen LogP contribution < -0.4 is 5.32 Å².